The lowest BCUT2D eigenvalue weighted by Gasteiger charge is -2.36. The Morgan fingerprint density at radius 2 is 1.90 bits per heavy atom. The molecule has 0 spiro atoms. The molecule has 4 rings (SSSR count). The van der Waals surface area contributed by atoms with Gasteiger partial charge in [-0.15, -0.1) is 0 Å². The minimum atomic E-state index is -2.34. The third kappa shape index (κ3) is 3.99. The highest BCUT2D eigenvalue weighted by Gasteiger charge is 2.54. The average Bonchev–Trinajstić information content (AvgIpc) is 3.29. The van der Waals surface area contributed by atoms with E-state index >= 15 is 0 Å². The maximum absolute atomic E-state index is 12.7. The molecule has 1 fully saturated rings. The number of carbonyl (C=O) groups is 1. The highest BCUT2D eigenvalue weighted by atomic mass is 35.5. The van der Waals surface area contributed by atoms with Crippen molar-refractivity contribution in [2.45, 2.75) is 44.6 Å². The van der Waals surface area contributed by atoms with Crippen molar-refractivity contribution in [3.63, 3.8) is 0 Å². The fraction of sp³-hybridized carbons (Fsp3) is 0.409. The third-order valence-corrected chi connectivity index (χ3v) is 7.07. The SMILES string of the molecule is CC1CC1(C)N1C(=O)CCc2cc(C(CNS(=O)[O-])c3ccc(Cl)cc3)ccc21. The number of hydrogen-bond donors (Lipinski definition) is 1. The van der Waals surface area contributed by atoms with Crippen LogP contribution in [0.4, 0.5) is 5.69 Å². The average molecular weight is 432 g/mol. The summed E-state index contributed by atoms with van der Waals surface area (Å²) in [6.07, 6.45) is 2.23. The van der Waals surface area contributed by atoms with E-state index in [9.17, 15) is 13.6 Å². The van der Waals surface area contributed by atoms with E-state index in [0.717, 1.165) is 28.8 Å². The number of amides is 1. The highest BCUT2D eigenvalue weighted by Crippen LogP contribution is 2.51. The summed E-state index contributed by atoms with van der Waals surface area (Å²) in [5.74, 6) is 0.543. The molecule has 1 amide bonds. The maximum Gasteiger partial charge on any atom is 0.227 e. The predicted octanol–water partition coefficient (Wildman–Crippen LogP) is 3.93. The monoisotopic (exact) mass is 431 g/mol. The molecule has 1 N–H and O–H groups in total. The Morgan fingerprint density at radius 3 is 2.52 bits per heavy atom. The summed E-state index contributed by atoms with van der Waals surface area (Å²) in [7, 11) is 0. The molecule has 1 aliphatic heterocycles. The summed E-state index contributed by atoms with van der Waals surface area (Å²) < 4.78 is 24.7. The molecule has 5 nitrogen and oxygen atoms in total. The number of aryl methyl sites for hydroxylation is 1. The second-order valence-electron chi connectivity index (χ2n) is 8.27. The smallest absolute Gasteiger partial charge is 0.227 e. The van der Waals surface area contributed by atoms with Gasteiger partial charge in [-0.1, -0.05) is 42.8 Å². The van der Waals surface area contributed by atoms with Crippen molar-refractivity contribution < 1.29 is 13.6 Å². The second-order valence-corrected chi connectivity index (χ2v) is 9.46. The second kappa shape index (κ2) is 7.84. The lowest BCUT2D eigenvalue weighted by atomic mass is 9.88. The van der Waals surface area contributed by atoms with Gasteiger partial charge in [0.25, 0.3) is 0 Å². The van der Waals surface area contributed by atoms with Gasteiger partial charge in [0.15, 0.2) is 0 Å². The normalized spacial score (nSPS) is 25.4. The molecule has 2 aromatic rings. The first-order valence-corrected chi connectivity index (χ1v) is 11.3. The summed E-state index contributed by atoms with van der Waals surface area (Å²) in [4.78, 5) is 14.7. The molecule has 1 aliphatic carbocycles. The molecule has 7 heteroatoms. The molecule has 2 aromatic carbocycles. The van der Waals surface area contributed by atoms with Gasteiger partial charge in [0.2, 0.25) is 5.91 Å². The molecule has 29 heavy (non-hydrogen) atoms. The van der Waals surface area contributed by atoms with Crippen molar-refractivity contribution in [3.8, 4) is 0 Å². The summed E-state index contributed by atoms with van der Waals surface area (Å²) in [5, 5.41) is 0.638. The summed E-state index contributed by atoms with van der Waals surface area (Å²) in [5.41, 5.74) is 4.05. The first kappa shape index (κ1) is 20.5. The Balaban J connectivity index is 1.70. The van der Waals surface area contributed by atoms with E-state index in [2.05, 4.69) is 24.6 Å². The van der Waals surface area contributed by atoms with Crippen LogP contribution in [0, 0.1) is 5.92 Å². The van der Waals surface area contributed by atoms with Crippen LogP contribution in [0.15, 0.2) is 42.5 Å². The molecule has 0 saturated heterocycles. The van der Waals surface area contributed by atoms with Gasteiger partial charge in [0.05, 0.1) is 0 Å². The number of hydrogen-bond acceptors (Lipinski definition) is 3. The zero-order valence-corrected chi connectivity index (χ0v) is 18.1. The molecular formula is C22H24ClN2O3S-. The van der Waals surface area contributed by atoms with E-state index in [1.807, 2.05) is 41.3 Å². The minimum Gasteiger partial charge on any atom is -0.760 e. The molecule has 154 valence electrons. The van der Waals surface area contributed by atoms with E-state index in [1.54, 1.807) is 0 Å². The van der Waals surface area contributed by atoms with Crippen molar-refractivity contribution >= 4 is 34.5 Å². The molecule has 1 heterocycles. The number of halogens is 1. The van der Waals surface area contributed by atoms with E-state index in [1.165, 1.54) is 0 Å². The van der Waals surface area contributed by atoms with Gasteiger partial charge in [0, 0.05) is 46.4 Å². The van der Waals surface area contributed by atoms with Crippen LogP contribution < -0.4 is 9.62 Å². The van der Waals surface area contributed by atoms with Crippen LogP contribution in [-0.4, -0.2) is 26.8 Å². The standard InChI is InChI=1S/C22H25ClN2O3S/c1-14-12-22(14,2)25-20-9-5-16(11-17(20)6-10-21(25)26)19(13-24-29(27)28)15-3-7-18(23)8-4-15/h3-5,7-9,11,14,19,24H,6,10,12-13H2,1-2H3,(H,27,28)/p-1. The lowest BCUT2D eigenvalue weighted by molar-refractivity contribution is -0.119. The summed E-state index contributed by atoms with van der Waals surface area (Å²) >= 11 is 3.69. The molecule has 4 atom stereocenters. The quantitative estimate of drug-likeness (QED) is 0.704. The zero-order chi connectivity index (χ0) is 20.8. The predicted molar refractivity (Wildman–Crippen MR) is 115 cm³/mol. The summed E-state index contributed by atoms with van der Waals surface area (Å²) in [6.45, 7) is 4.59. The number of rotatable bonds is 6. The van der Waals surface area contributed by atoms with Crippen molar-refractivity contribution in [1.29, 1.82) is 0 Å². The molecule has 0 aromatic heterocycles. The number of fused-ring (bicyclic) bond motifs is 1. The van der Waals surface area contributed by atoms with Crippen LogP contribution in [0.3, 0.4) is 0 Å². The van der Waals surface area contributed by atoms with E-state index in [4.69, 9.17) is 11.6 Å². The molecule has 2 aliphatic rings. The number of nitrogens with zero attached hydrogens (tertiary/aromatic N) is 1. The zero-order valence-electron chi connectivity index (χ0n) is 16.5. The molecule has 0 radical (unpaired) electrons. The van der Waals surface area contributed by atoms with Gasteiger partial charge in [-0.25, -0.2) is 4.72 Å². The Morgan fingerprint density at radius 1 is 1.24 bits per heavy atom. The van der Waals surface area contributed by atoms with Gasteiger partial charge < -0.3 is 9.45 Å². The Hall–Kier alpha value is -1.73. The van der Waals surface area contributed by atoms with E-state index < -0.39 is 11.3 Å². The molecule has 1 saturated carbocycles. The van der Waals surface area contributed by atoms with Crippen LogP contribution >= 0.6 is 11.6 Å². The van der Waals surface area contributed by atoms with Gasteiger partial charge >= 0.3 is 0 Å². The minimum absolute atomic E-state index is 0.0929. The largest absolute Gasteiger partial charge is 0.760 e. The Labute approximate surface area is 178 Å². The fourth-order valence-electron chi connectivity index (χ4n) is 4.44. The first-order valence-electron chi connectivity index (χ1n) is 9.83. The van der Waals surface area contributed by atoms with Crippen LogP contribution in [0.5, 0.6) is 0 Å². The van der Waals surface area contributed by atoms with Crippen LogP contribution in [0.1, 0.15) is 49.3 Å². The summed E-state index contributed by atoms with van der Waals surface area (Å²) in [6, 6.07) is 13.6. The highest BCUT2D eigenvalue weighted by molar-refractivity contribution is 7.77. The Kier molecular flexibility index (Phi) is 5.55. The van der Waals surface area contributed by atoms with E-state index in [-0.39, 0.29) is 23.9 Å². The van der Waals surface area contributed by atoms with Gasteiger partial charge in [-0.2, -0.15) is 0 Å². The first-order chi connectivity index (χ1) is 13.8. The van der Waals surface area contributed by atoms with Crippen molar-refractivity contribution in [3.05, 3.63) is 64.2 Å². The molecule has 0 bridgehead atoms. The maximum atomic E-state index is 12.7. The topological polar surface area (TPSA) is 72.5 Å². The van der Waals surface area contributed by atoms with Gasteiger partial charge in [-0.3, -0.25) is 9.00 Å². The van der Waals surface area contributed by atoms with Crippen LogP contribution in [-0.2, 0) is 22.5 Å². The number of anilines is 1. The number of nitrogens with one attached hydrogen (secondary N) is 1. The molecule has 4 unspecified atom stereocenters. The third-order valence-electron chi connectivity index (χ3n) is 6.41. The van der Waals surface area contributed by atoms with Crippen molar-refractivity contribution in [2.24, 2.45) is 5.92 Å². The molecular weight excluding hydrogens is 408 g/mol. The van der Waals surface area contributed by atoms with Crippen molar-refractivity contribution in [1.82, 2.24) is 4.72 Å². The van der Waals surface area contributed by atoms with Crippen molar-refractivity contribution in [2.75, 3.05) is 11.4 Å². The van der Waals surface area contributed by atoms with E-state index in [0.29, 0.717) is 23.8 Å². The van der Waals surface area contributed by atoms with Crippen LogP contribution in [0.2, 0.25) is 5.02 Å². The number of benzene rings is 2. The fourth-order valence-corrected chi connectivity index (χ4v) is 4.86. The van der Waals surface area contributed by atoms with Crippen LogP contribution in [0.25, 0.3) is 0 Å². The van der Waals surface area contributed by atoms with Gasteiger partial charge in [-0.05, 0) is 60.6 Å². The van der Waals surface area contributed by atoms with Gasteiger partial charge in [0.1, 0.15) is 0 Å². The number of carbonyl (C=O) groups excluding carboxylic acids is 1. The lowest BCUT2D eigenvalue weighted by Crippen LogP contribution is -2.44. The Bertz CT molecular complexity index is 965.